The second-order valence-corrected chi connectivity index (χ2v) is 5.51. The van der Waals surface area contributed by atoms with Crippen molar-refractivity contribution in [2.45, 2.75) is 19.4 Å². The molecule has 0 aliphatic carbocycles. The highest BCUT2D eigenvalue weighted by Gasteiger charge is 2.24. The van der Waals surface area contributed by atoms with E-state index in [0.29, 0.717) is 16.9 Å². The Kier molecular flexibility index (Phi) is 4.14. The lowest BCUT2D eigenvalue weighted by molar-refractivity contribution is 0.206. The number of thiocarbonyl (C=S) groups is 1. The average Bonchev–Trinajstić information content (AvgIpc) is 2.33. The van der Waals surface area contributed by atoms with E-state index in [-0.39, 0.29) is 0 Å². The van der Waals surface area contributed by atoms with Gasteiger partial charge in [-0.3, -0.25) is 0 Å². The summed E-state index contributed by atoms with van der Waals surface area (Å²) in [6.07, 6.45) is 2.88. The smallest absolute Gasteiger partial charge is 0.126 e. The number of hydrogen-bond acceptors (Lipinski definition) is 4. The van der Waals surface area contributed by atoms with Crippen LogP contribution in [0.2, 0.25) is 0 Å². The fourth-order valence-corrected chi connectivity index (χ4v) is 2.55. The third-order valence-electron chi connectivity index (χ3n) is 3.49. The Morgan fingerprint density at radius 2 is 2.39 bits per heavy atom. The van der Waals surface area contributed by atoms with Gasteiger partial charge >= 0.3 is 0 Å². The average molecular weight is 264 g/mol. The zero-order valence-corrected chi connectivity index (χ0v) is 11.7. The van der Waals surface area contributed by atoms with Gasteiger partial charge in [0.05, 0.1) is 0 Å². The highest BCUT2D eigenvalue weighted by molar-refractivity contribution is 7.80. The Labute approximate surface area is 114 Å². The van der Waals surface area contributed by atoms with Crippen molar-refractivity contribution in [1.82, 2.24) is 9.88 Å². The first kappa shape index (κ1) is 13.2. The van der Waals surface area contributed by atoms with E-state index in [9.17, 15) is 0 Å². The molecular weight excluding hydrogens is 244 g/mol. The van der Waals surface area contributed by atoms with Gasteiger partial charge in [0.2, 0.25) is 0 Å². The molecule has 2 rings (SSSR count). The zero-order valence-electron chi connectivity index (χ0n) is 10.9. The molecule has 1 saturated heterocycles. The van der Waals surface area contributed by atoms with Gasteiger partial charge in [0.25, 0.3) is 0 Å². The third kappa shape index (κ3) is 3.17. The van der Waals surface area contributed by atoms with Crippen LogP contribution in [0.3, 0.4) is 0 Å². The zero-order chi connectivity index (χ0) is 13.1. The number of aromatic nitrogens is 1. The van der Waals surface area contributed by atoms with E-state index in [1.165, 1.54) is 0 Å². The first-order chi connectivity index (χ1) is 8.56. The van der Waals surface area contributed by atoms with Gasteiger partial charge in [-0.25, -0.2) is 4.98 Å². The van der Waals surface area contributed by atoms with Gasteiger partial charge < -0.3 is 16.0 Å². The van der Waals surface area contributed by atoms with Crippen LogP contribution < -0.4 is 11.1 Å². The van der Waals surface area contributed by atoms with E-state index in [2.05, 4.69) is 29.2 Å². The Morgan fingerprint density at radius 3 is 3.06 bits per heavy atom. The van der Waals surface area contributed by atoms with Crippen LogP contribution in [0, 0.1) is 5.92 Å². The van der Waals surface area contributed by atoms with Crippen molar-refractivity contribution >= 4 is 23.0 Å². The molecular formula is C13H20N4S. The number of anilines is 1. The minimum absolute atomic E-state index is 0.414. The van der Waals surface area contributed by atoms with E-state index < -0.39 is 0 Å². The SMILES string of the molecule is CC1CN(C)CCC1Nc1cc(C(N)=S)ccn1. The molecule has 3 N–H and O–H groups in total. The molecule has 5 heteroatoms. The van der Waals surface area contributed by atoms with Crippen molar-refractivity contribution in [2.75, 3.05) is 25.5 Å². The maximum Gasteiger partial charge on any atom is 0.126 e. The Hall–Kier alpha value is -1.20. The van der Waals surface area contributed by atoms with Crippen molar-refractivity contribution in [1.29, 1.82) is 0 Å². The van der Waals surface area contributed by atoms with Gasteiger partial charge in [-0.2, -0.15) is 0 Å². The summed E-state index contributed by atoms with van der Waals surface area (Å²) in [4.78, 5) is 7.11. The number of hydrogen-bond donors (Lipinski definition) is 2. The molecule has 1 aromatic heterocycles. The van der Waals surface area contributed by atoms with Gasteiger partial charge in [-0.05, 0) is 38.1 Å². The van der Waals surface area contributed by atoms with Crippen molar-refractivity contribution < 1.29 is 0 Å². The first-order valence-electron chi connectivity index (χ1n) is 6.27. The summed E-state index contributed by atoms with van der Waals surface area (Å²) in [5.41, 5.74) is 6.49. The van der Waals surface area contributed by atoms with E-state index in [4.69, 9.17) is 18.0 Å². The quantitative estimate of drug-likeness (QED) is 0.810. The molecule has 1 aromatic rings. The summed E-state index contributed by atoms with van der Waals surface area (Å²) in [6, 6.07) is 4.23. The lowest BCUT2D eigenvalue weighted by Crippen LogP contribution is -2.43. The summed E-state index contributed by atoms with van der Waals surface area (Å²) in [7, 11) is 2.17. The molecule has 18 heavy (non-hydrogen) atoms. The second kappa shape index (κ2) is 5.63. The normalized spacial score (nSPS) is 24.8. The van der Waals surface area contributed by atoms with Gasteiger partial charge in [0.15, 0.2) is 0 Å². The molecule has 2 heterocycles. The molecule has 0 aromatic carbocycles. The highest BCUT2D eigenvalue weighted by atomic mass is 32.1. The summed E-state index contributed by atoms with van der Waals surface area (Å²) < 4.78 is 0. The molecule has 4 nitrogen and oxygen atoms in total. The summed E-state index contributed by atoms with van der Waals surface area (Å²) in [5, 5.41) is 3.49. The summed E-state index contributed by atoms with van der Waals surface area (Å²) in [6.45, 7) is 4.51. The molecule has 0 saturated carbocycles. The Balaban J connectivity index is 2.05. The van der Waals surface area contributed by atoms with E-state index in [1.54, 1.807) is 6.20 Å². The largest absolute Gasteiger partial charge is 0.389 e. The first-order valence-corrected chi connectivity index (χ1v) is 6.68. The summed E-state index contributed by atoms with van der Waals surface area (Å²) >= 11 is 4.98. The van der Waals surface area contributed by atoms with E-state index in [1.807, 2.05) is 12.1 Å². The van der Waals surface area contributed by atoms with Crippen molar-refractivity contribution in [3.05, 3.63) is 23.9 Å². The number of likely N-dealkylation sites (tertiary alicyclic amines) is 1. The van der Waals surface area contributed by atoms with Crippen LogP contribution in [-0.4, -0.2) is 41.1 Å². The molecule has 98 valence electrons. The van der Waals surface area contributed by atoms with Crippen LogP contribution in [-0.2, 0) is 0 Å². The second-order valence-electron chi connectivity index (χ2n) is 5.07. The highest BCUT2D eigenvalue weighted by Crippen LogP contribution is 2.19. The molecule has 1 fully saturated rings. The number of rotatable bonds is 3. The van der Waals surface area contributed by atoms with Crippen LogP contribution >= 0.6 is 12.2 Å². The topological polar surface area (TPSA) is 54.2 Å². The Bertz CT molecular complexity index is 435. The molecule has 0 spiro atoms. The minimum Gasteiger partial charge on any atom is -0.389 e. The number of nitrogens with zero attached hydrogens (tertiary/aromatic N) is 2. The van der Waals surface area contributed by atoms with Crippen LogP contribution in [0.25, 0.3) is 0 Å². The standard InChI is InChI=1S/C13H20N4S/c1-9-8-17(2)6-4-11(9)16-12-7-10(13(14)18)3-5-15-12/h3,5,7,9,11H,4,6,8H2,1-2H3,(H2,14,18)(H,15,16). The fourth-order valence-electron chi connectivity index (χ4n) is 2.42. The maximum absolute atomic E-state index is 5.63. The number of pyridine rings is 1. The van der Waals surface area contributed by atoms with Crippen LogP contribution in [0.5, 0.6) is 0 Å². The van der Waals surface area contributed by atoms with Gasteiger partial charge in [0.1, 0.15) is 10.8 Å². The molecule has 1 aliphatic rings. The van der Waals surface area contributed by atoms with E-state index in [0.717, 1.165) is 30.9 Å². The van der Waals surface area contributed by atoms with Crippen molar-refractivity contribution in [2.24, 2.45) is 11.7 Å². The van der Waals surface area contributed by atoms with Crippen molar-refractivity contribution in [3.63, 3.8) is 0 Å². The molecule has 2 unspecified atom stereocenters. The van der Waals surface area contributed by atoms with Gasteiger partial charge in [-0.1, -0.05) is 19.1 Å². The fraction of sp³-hybridized carbons (Fsp3) is 0.538. The van der Waals surface area contributed by atoms with Crippen molar-refractivity contribution in [3.8, 4) is 0 Å². The molecule has 0 bridgehead atoms. The summed E-state index contributed by atoms with van der Waals surface area (Å²) in [5.74, 6) is 1.47. The molecule has 0 radical (unpaired) electrons. The van der Waals surface area contributed by atoms with Gasteiger partial charge in [-0.15, -0.1) is 0 Å². The lowest BCUT2D eigenvalue weighted by atomic mass is 9.94. The van der Waals surface area contributed by atoms with Gasteiger partial charge in [0, 0.05) is 24.3 Å². The molecule has 1 aliphatic heterocycles. The number of piperidine rings is 1. The Morgan fingerprint density at radius 1 is 1.61 bits per heavy atom. The van der Waals surface area contributed by atoms with Crippen LogP contribution in [0.15, 0.2) is 18.3 Å². The minimum atomic E-state index is 0.414. The van der Waals surface area contributed by atoms with Crippen LogP contribution in [0.1, 0.15) is 18.9 Å². The monoisotopic (exact) mass is 264 g/mol. The third-order valence-corrected chi connectivity index (χ3v) is 3.72. The maximum atomic E-state index is 5.63. The number of nitrogens with one attached hydrogen (secondary N) is 1. The lowest BCUT2D eigenvalue weighted by Gasteiger charge is -2.35. The predicted octanol–water partition coefficient (Wildman–Crippen LogP) is 1.47. The van der Waals surface area contributed by atoms with E-state index >= 15 is 0 Å². The molecule has 0 amide bonds. The molecule has 2 atom stereocenters. The van der Waals surface area contributed by atoms with Crippen LogP contribution in [0.4, 0.5) is 5.82 Å². The predicted molar refractivity (Wildman–Crippen MR) is 78.8 cm³/mol. The number of nitrogens with two attached hydrogens (primary N) is 1.